The SMILES string of the molecule is CCCCC[C@@H]1CCO[P@@](=O)(Oc2ccc([N+](=O)[O-])cc2)O1. The van der Waals surface area contributed by atoms with Gasteiger partial charge in [0.1, 0.15) is 5.75 Å². The Morgan fingerprint density at radius 3 is 2.73 bits per heavy atom. The molecular weight excluding hydrogens is 309 g/mol. The summed E-state index contributed by atoms with van der Waals surface area (Å²) in [5.74, 6) is 0.225. The minimum absolute atomic E-state index is 0.0615. The van der Waals surface area contributed by atoms with E-state index in [1.165, 1.54) is 24.3 Å². The summed E-state index contributed by atoms with van der Waals surface area (Å²) in [5, 5.41) is 10.6. The van der Waals surface area contributed by atoms with Crippen LogP contribution in [0.15, 0.2) is 24.3 Å². The van der Waals surface area contributed by atoms with Crippen LogP contribution in [0.4, 0.5) is 5.69 Å². The minimum Gasteiger partial charge on any atom is -0.404 e. The first kappa shape index (κ1) is 16.9. The van der Waals surface area contributed by atoms with Crippen LogP contribution in [0.5, 0.6) is 5.75 Å². The van der Waals surface area contributed by atoms with E-state index in [-0.39, 0.29) is 17.5 Å². The van der Waals surface area contributed by atoms with Gasteiger partial charge in [-0.15, -0.1) is 0 Å². The van der Waals surface area contributed by atoms with Crippen molar-refractivity contribution in [2.45, 2.75) is 45.1 Å². The standard InChI is InChI=1S/C14H20NO6P/c1-2-3-4-5-13-10-11-19-22(18,20-13)21-14-8-6-12(7-9-14)15(16)17/h6-9,13H,2-5,10-11H2,1H3/t13-,22-/m1/s1. The Morgan fingerprint density at radius 2 is 2.09 bits per heavy atom. The molecule has 0 N–H and O–H groups in total. The van der Waals surface area contributed by atoms with Gasteiger partial charge in [-0.1, -0.05) is 26.2 Å². The van der Waals surface area contributed by atoms with Crippen LogP contribution in [-0.2, 0) is 13.6 Å². The quantitative estimate of drug-likeness (QED) is 0.317. The molecule has 0 aliphatic carbocycles. The highest BCUT2D eigenvalue weighted by Crippen LogP contribution is 2.54. The first-order valence-corrected chi connectivity index (χ1v) is 8.85. The van der Waals surface area contributed by atoms with Gasteiger partial charge in [0.2, 0.25) is 0 Å². The van der Waals surface area contributed by atoms with Crippen LogP contribution in [0.25, 0.3) is 0 Å². The van der Waals surface area contributed by atoms with Crippen LogP contribution in [0, 0.1) is 10.1 Å². The topological polar surface area (TPSA) is 87.9 Å². The van der Waals surface area contributed by atoms with E-state index >= 15 is 0 Å². The fraction of sp³-hybridized carbons (Fsp3) is 0.571. The number of nitro groups is 1. The number of nitrogens with zero attached hydrogens (tertiary/aromatic N) is 1. The van der Waals surface area contributed by atoms with Crippen molar-refractivity contribution in [3.05, 3.63) is 34.4 Å². The number of non-ortho nitro benzene ring substituents is 1. The molecule has 2 rings (SSSR count). The smallest absolute Gasteiger partial charge is 0.404 e. The Labute approximate surface area is 129 Å². The largest absolute Gasteiger partial charge is 0.530 e. The maximum Gasteiger partial charge on any atom is 0.530 e. The molecule has 0 bridgehead atoms. The molecule has 1 heterocycles. The average molecular weight is 329 g/mol. The van der Waals surface area contributed by atoms with Gasteiger partial charge in [0.05, 0.1) is 17.6 Å². The normalized spacial score (nSPS) is 24.9. The molecule has 0 radical (unpaired) electrons. The van der Waals surface area contributed by atoms with E-state index < -0.39 is 12.7 Å². The maximum atomic E-state index is 12.5. The number of hydrogen-bond donors (Lipinski definition) is 0. The van der Waals surface area contributed by atoms with Gasteiger partial charge in [-0.05, 0) is 25.0 Å². The third-order valence-corrected chi connectivity index (χ3v) is 4.85. The molecule has 0 aromatic heterocycles. The van der Waals surface area contributed by atoms with Crippen LogP contribution < -0.4 is 4.52 Å². The Bertz CT molecular complexity index is 547. The van der Waals surface area contributed by atoms with Crippen molar-refractivity contribution < 1.29 is 23.1 Å². The van der Waals surface area contributed by atoms with E-state index in [4.69, 9.17) is 13.6 Å². The molecule has 22 heavy (non-hydrogen) atoms. The van der Waals surface area contributed by atoms with Crippen molar-refractivity contribution in [1.29, 1.82) is 0 Å². The molecular formula is C14H20NO6P. The van der Waals surface area contributed by atoms with Gasteiger partial charge < -0.3 is 4.52 Å². The molecule has 7 nitrogen and oxygen atoms in total. The minimum atomic E-state index is -3.65. The van der Waals surface area contributed by atoms with Gasteiger partial charge in [0.25, 0.3) is 5.69 Å². The van der Waals surface area contributed by atoms with Crippen molar-refractivity contribution in [2.75, 3.05) is 6.61 Å². The Morgan fingerprint density at radius 1 is 1.36 bits per heavy atom. The highest BCUT2D eigenvalue weighted by Gasteiger charge is 2.36. The summed E-state index contributed by atoms with van der Waals surface area (Å²) in [6.07, 6.45) is 4.61. The number of phosphoric acid groups is 1. The van der Waals surface area contributed by atoms with Crippen LogP contribution in [0.2, 0.25) is 0 Å². The predicted molar refractivity (Wildman–Crippen MR) is 80.9 cm³/mol. The Kier molecular flexibility index (Phi) is 5.94. The summed E-state index contributed by atoms with van der Waals surface area (Å²) >= 11 is 0. The molecule has 0 saturated carbocycles. The first-order valence-electron chi connectivity index (χ1n) is 7.39. The zero-order chi connectivity index (χ0) is 16.0. The van der Waals surface area contributed by atoms with Crippen molar-refractivity contribution in [3.8, 4) is 5.75 Å². The fourth-order valence-electron chi connectivity index (χ4n) is 2.19. The van der Waals surface area contributed by atoms with Gasteiger partial charge in [-0.2, -0.15) is 0 Å². The van der Waals surface area contributed by atoms with Gasteiger partial charge in [0.15, 0.2) is 0 Å². The van der Waals surface area contributed by atoms with E-state index in [0.717, 1.165) is 25.7 Å². The monoisotopic (exact) mass is 329 g/mol. The Balaban J connectivity index is 1.95. The zero-order valence-corrected chi connectivity index (χ0v) is 13.4. The first-order chi connectivity index (χ1) is 10.5. The van der Waals surface area contributed by atoms with Crippen molar-refractivity contribution >= 4 is 13.5 Å². The van der Waals surface area contributed by atoms with E-state index in [1.54, 1.807) is 0 Å². The lowest BCUT2D eigenvalue weighted by atomic mass is 10.1. The summed E-state index contributed by atoms with van der Waals surface area (Å²) in [6, 6.07) is 5.32. The van der Waals surface area contributed by atoms with Gasteiger partial charge >= 0.3 is 7.82 Å². The average Bonchev–Trinajstić information content (AvgIpc) is 2.48. The fourth-order valence-corrected chi connectivity index (χ4v) is 3.63. The van der Waals surface area contributed by atoms with Crippen LogP contribution in [-0.4, -0.2) is 17.6 Å². The number of hydrogen-bond acceptors (Lipinski definition) is 6. The lowest BCUT2D eigenvalue weighted by molar-refractivity contribution is -0.384. The van der Waals surface area contributed by atoms with Crippen LogP contribution in [0.3, 0.4) is 0 Å². The van der Waals surface area contributed by atoms with Crippen LogP contribution >= 0.6 is 7.82 Å². The van der Waals surface area contributed by atoms with Crippen molar-refractivity contribution in [3.63, 3.8) is 0 Å². The molecule has 1 fully saturated rings. The number of unbranched alkanes of at least 4 members (excludes halogenated alkanes) is 2. The molecule has 8 heteroatoms. The molecule has 1 aliphatic rings. The highest BCUT2D eigenvalue weighted by molar-refractivity contribution is 7.49. The van der Waals surface area contributed by atoms with E-state index in [2.05, 4.69) is 6.92 Å². The van der Waals surface area contributed by atoms with Gasteiger partial charge in [-0.3, -0.25) is 19.2 Å². The van der Waals surface area contributed by atoms with Crippen molar-refractivity contribution in [1.82, 2.24) is 0 Å². The molecule has 1 aromatic rings. The van der Waals surface area contributed by atoms with Gasteiger partial charge in [-0.25, -0.2) is 4.57 Å². The van der Waals surface area contributed by atoms with Crippen molar-refractivity contribution in [2.24, 2.45) is 0 Å². The molecule has 2 atom stereocenters. The summed E-state index contributed by atoms with van der Waals surface area (Å²) in [7, 11) is -3.65. The third-order valence-electron chi connectivity index (χ3n) is 3.36. The lowest BCUT2D eigenvalue weighted by Gasteiger charge is -2.28. The van der Waals surface area contributed by atoms with E-state index in [1.807, 2.05) is 0 Å². The van der Waals surface area contributed by atoms with Gasteiger partial charge in [0, 0.05) is 12.1 Å². The zero-order valence-electron chi connectivity index (χ0n) is 12.5. The molecule has 1 saturated heterocycles. The number of nitro benzene ring substituents is 1. The summed E-state index contributed by atoms with van der Waals surface area (Å²) in [6.45, 7) is 2.44. The highest BCUT2D eigenvalue weighted by atomic mass is 31.2. The second kappa shape index (κ2) is 7.72. The summed E-state index contributed by atoms with van der Waals surface area (Å²) in [4.78, 5) is 10.1. The second-order valence-corrected chi connectivity index (χ2v) is 6.68. The summed E-state index contributed by atoms with van der Waals surface area (Å²) < 4.78 is 28.4. The number of benzene rings is 1. The molecule has 1 aromatic carbocycles. The summed E-state index contributed by atoms with van der Waals surface area (Å²) in [5.41, 5.74) is -0.0615. The third kappa shape index (κ3) is 4.80. The maximum absolute atomic E-state index is 12.5. The predicted octanol–water partition coefficient (Wildman–Crippen LogP) is 4.47. The second-order valence-electron chi connectivity index (χ2n) is 5.13. The molecule has 1 aliphatic heterocycles. The molecule has 122 valence electrons. The molecule has 0 amide bonds. The Hall–Kier alpha value is -1.43. The van der Waals surface area contributed by atoms with E-state index in [0.29, 0.717) is 13.0 Å². The number of phosphoric ester groups is 1. The molecule has 0 unspecified atom stereocenters. The molecule has 0 spiro atoms. The van der Waals surface area contributed by atoms with Crippen LogP contribution in [0.1, 0.15) is 39.0 Å². The lowest BCUT2D eigenvalue weighted by Crippen LogP contribution is -2.22. The van der Waals surface area contributed by atoms with E-state index in [9.17, 15) is 14.7 Å². The number of rotatable bonds is 7.